The molecular formula is C14H18N2O5. The molecule has 21 heavy (non-hydrogen) atoms. The number of hydrogen-bond donors (Lipinski definition) is 3. The maximum atomic E-state index is 12.3. The number of aliphatic carboxylic acids is 1. The van der Waals surface area contributed by atoms with E-state index in [2.05, 4.69) is 0 Å². The van der Waals surface area contributed by atoms with E-state index in [9.17, 15) is 19.8 Å². The summed E-state index contributed by atoms with van der Waals surface area (Å²) in [7, 11) is 0. The molecule has 7 nitrogen and oxygen atoms in total. The van der Waals surface area contributed by atoms with Crippen molar-refractivity contribution in [2.75, 3.05) is 26.2 Å². The zero-order valence-corrected chi connectivity index (χ0v) is 11.7. The average molecular weight is 294 g/mol. The van der Waals surface area contributed by atoms with Gasteiger partial charge >= 0.3 is 5.97 Å². The minimum absolute atomic E-state index is 0.243. The molecule has 1 amide bonds. The monoisotopic (exact) mass is 294 g/mol. The second-order valence-corrected chi connectivity index (χ2v) is 5.05. The van der Waals surface area contributed by atoms with E-state index in [1.54, 1.807) is 16.7 Å². The van der Waals surface area contributed by atoms with Crippen molar-refractivity contribution >= 4 is 11.9 Å². The standard InChI is InChI=1S/C14H18N2O5/c1-9(14(20)21)15-4-6-16(7-5-15)13(19)10-2-3-11(17)12(18)8-10/h2-3,8-9,17-18H,4-7H2,1H3,(H,20,21). The number of benzene rings is 1. The van der Waals surface area contributed by atoms with Crippen molar-refractivity contribution in [3.8, 4) is 11.5 Å². The van der Waals surface area contributed by atoms with E-state index in [1.165, 1.54) is 18.2 Å². The minimum Gasteiger partial charge on any atom is -0.504 e. The first-order chi connectivity index (χ1) is 9.90. The van der Waals surface area contributed by atoms with Gasteiger partial charge in [-0.3, -0.25) is 14.5 Å². The molecule has 0 bridgehead atoms. The topological polar surface area (TPSA) is 101 Å². The van der Waals surface area contributed by atoms with E-state index in [1.807, 2.05) is 0 Å². The zero-order valence-electron chi connectivity index (χ0n) is 11.7. The summed E-state index contributed by atoms with van der Waals surface area (Å²) >= 11 is 0. The van der Waals surface area contributed by atoms with E-state index in [4.69, 9.17) is 5.11 Å². The molecule has 114 valence electrons. The first-order valence-corrected chi connectivity index (χ1v) is 6.68. The SMILES string of the molecule is CC(C(=O)O)N1CCN(C(=O)c2ccc(O)c(O)c2)CC1. The Morgan fingerprint density at radius 3 is 2.24 bits per heavy atom. The second-order valence-electron chi connectivity index (χ2n) is 5.05. The lowest BCUT2D eigenvalue weighted by Crippen LogP contribution is -2.53. The predicted molar refractivity (Wildman–Crippen MR) is 74.3 cm³/mol. The summed E-state index contributed by atoms with van der Waals surface area (Å²) in [5, 5.41) is 27.6. The molecule has 0 radical (unpaired) electrons. The fraction of sp³-hybridized carbons (Fsp3) is 0.429. The number of carbonyl (C=O) groups excluding carboxylic acids is 1. The van der Waals surface area contributed by atoms with Crippen LogP contribution in [0.2, 0.25) is 0 Å². The quantitative estimate of drug-likeness (QED) is 0.694. The number of phenolic OH excluding ortho intramolecular Hbond substituents is 2. The molecule has 1 unspecified atom stereocenters. The number of aromatic hydroxyl groups is 2. The third-order valence-corrected chi connectivity index (χ3v) is 3.73. The summed E-state index contributed by atoms with van der Waals surface area (Å²) in [6.45, 7) is 3.46. The molecule has 1 saturated heterocycles. The van der Waals surface area contributed by atoms with Gasteiger partial charge in [0, 0.05) is 31.7 Å². The zero-order chi connectivity index (χ0) is 15.6. The Kier molecular flexibility index (Phi) is 4.32. The van der Waals surface area contributed by atoms with Gasteiger partial charge in [-0.15, -0.1) is 0 Å². The largest absolute Gasteiger partial charge is 0.504 e. The normalized spacial score (nSPS) is 17.5. The maximum Gasteiger partial charge on any atom is 0.320 e. The highest BCUT2D eigenvalue weighted by atomic mass is 16.4. The molecule has 3 N–H and O–H groups in total. The van der Waals surface area contributed by atoms with Gasteiger partial charge in [-0.2, -0.15) is 0 Å². The number of phenols is 2. The van der Waals surface area contributed by atoms with Gasteiger partial charge in [0.25, 0.3) is 5.91 Å². The number of hydrogen-bond acceptors (Lipinski definition) is 5. The van der Waals surface area contributed by atoms with Crippen LogP contribution in [0.1, 0.15) is 17.3 Å². The minimum atomic E-state index is -0.877. The predicted octanol–water partition coefficient (Wildman–Crippen LogP) is 0.329. The molecule has 1 heterocycles. The molecule has 1 aromatic rings. The Balaban J connectivity index is 2.00. The smallest absolute Gasteiger partial charge is 0.320 e. The molecular weight excluding hydrogens is 276 g/mol. The van der Waals surface area contributed by atoms with Gasteiger partial charge in [-0.1, -0.05) is 0 Å². The van der Waals surface area contributed by atoms with Crippen LogP contribution < -0.4 is 0 Å². The van der Waals surface area contributed by atoms with Crippen LogP contribution in [0.25, 0.3) is 0 Å². The Labute approximate surface area is 122 Å². The van der Waals surface area contributed by atoms with Gasteiger partial charge in [0.15, 0.2) is 11.5 Å². The van der Waals surface area contributed by atoms with Gasteiger partial charge in [0.2, 0.25) is 0 Å². The highest BCUT2D eigenvalue weighted by Gasteiger charge is 2.27. The van der Waals surface area contributed by atoms with Crippen molar-refractivity contribution in [2.24, 2.45) is 0 Å². The van der Waals surface area contributed by atoms with Gasteiger partial charge in [-0.05, 0) is 25.1 Å². The third-order valence-electron chi connectivity index (χ3n) is 3.73. The van der Waals surface area contributed by atoms with Crippen LogP contribution in [0.5, 0.6) is 11.5 Å². The lowest BCUT2D eigenvalue weighted by molar-refractivity contribution is -0.143. The van der Waals surface area contributed by atoms with Gasteiger partial charge < -0.3 is 20.2 Å². The summed E-state index contributed by atoms with van der Waals surface area (Å²) in [4.78, 5) is 26.6. The number of piperazine rings is 1. The summed E-state index contributed by atoms with van der Waals surface area (Å²) < 4.78 is 0. The fourth-order valence-electron chi connectivity index (χ4n) is 2.31. The van der Waals surface area contributed by atoms with E-state index in [-0.39, 0.29) is 17.4 Å². The number of rotatable bonds is 3. The summed E-state index contributed by atoms with van der Waals surface area (Å²) in [6.07, 6.45) is 0. The van der Waals surface area contributed by atoms with Crippen molar-refractivity contribution in [1.82, 2.24) is 9.80 Å². The molecule has 0 saturated carbocycles. The summed E-state index contributed by atoms with van der Waals surface area (Å²) in [5.41, 5.74) is 0.296. The fourth-order valence-corrected chi connectivity index (χ4v) is 2.31. The Bertz CT molecular complexity index is 552. The lowest BCUT2D eigenvalue weighted by atomic mass is 10.1. The van der Waals surface area contributed by atoms with Crippen LogP contribution in [-0.2, 0) is 4.79 Å². The number of carbonyl (C=O) groups is 2. The first kappa shape index (κ1) is 15.1. The van der Waals surface area contributed by atoms with Crippen molar-refractivity contribution < 1.29 is 24.9 Å². The van der Waals surface area contributed by atoms with Crippen LogP contribution in [0, 0.1) is 0 Å². The van der Waals surface area contributed by atoms with Crippen LogP contribution in [0.15, 0.2) is 18.2 Å². The van der Waals surface area contributed by atoms with E-state index in [0.717, 1.165) is 0 Å². The molecule has 0 aromatic heterocycles. The van der Waals surface area contributed by atoms with Crippen LogP contribution >= 0.6 is 0 Å². The average Bonchev–Trinajstić information content (AvgIpc) is 2.48. The summed E-state index contributed by atoms with van der Waals surface area (Å²) in [5.74, 6) is -1.73. The molecule has 0 aliphatic carbocycles. The molecule has 1 atom stereocenters. The molecule has 1 aliphatic rings. The molecule has 1 fully saturated rings. The van der Waals surface area contributed by atoms with E-state index < -0.39 is 12.0 Å². The van der Waals surface area contributed by atoms with E-state index in [0.29, 0.717) is 31.7 Å². The Hall–Kier alpha value is -2.28. The molecule has 1 aromatic carbocycles. The van der Waals surface area contributed by atoms with Gasteiger partial charge in [0.05, 0.1) is 0 Å². The first-order valence-electron chi connectivity index (χ1n) is 6.68. The molecule has 1 aliphatic heterocycles. The number of carboxylic acids is 1. The highest BCUT2D eigenvalue weighted by molar-refractivity contribution is 5.95. The van der Waals surface area contributed by atoms with Crippen LogP contribution in [-0.4, -0.2) is 69.2 Å². The Morgan fingerprint density at radius 1 is 1.10 bits per heavy atom. The van der Waals surface area contributed by atoms with Gasteiger partial charge in [-0.25, -0.2) is 0 Å². The second kappa shape index (κ2) is 6.01. The number of amides is 1. The van der Waals surface area contributed by atoms with Crippen LogP contribution in [0.3, 0.4) is 0 Å². The Morgan fingerprint density at radius 2 is 1.71 bits per heavy atom. The molecule has 0 spiro atoms. The number of nitrogens with zero attached hydrogens (tertiary/aromatic N) is 2. The molecule has 2 rings (SSSR count). The number of carboxylic acid groups (broad SMARTS) is 1. The summed E-state index contributed by atoms with van der Waals surface area (Å²) in [6, 6.07) is 3.37. The van der Waals surface area contributed by atoms with Gasteiger partial charge in [0.1, 0.15) is 6.04 Å². The van der Waals surface area contributed by atoms with Crippen molar-refractivity contribution in [3.05, 3.63) is 23.8 Å². The highest BCUT2D eigenvalue weighted by Crippen LogP contribution is 2.25. The van der Waals surface area contributed by atoms with Crippen molar-refractivity contribution in [2.45, 2.75) is 13.0 Å². The van der Waals surface area contributed by atoms with Crippen LogP contribution in [0.4, 0.5) is 0 Å². The third kappa shape index (κ3) is 3.25. The van der Waals surface area contributed by atoms with Crippen molar-refractivity contribution in [3.63, 3.8) is 0 Å². The van der Waals surface area contributed by atoms with E-state index >= 15 is 0 Å². The lowest BCUT2D eigenvalue weighted by Gasteiger charge is -2.36. The van der Waals surface area contributed by atoms with Crippen molar-refractivity contribution in [1.29, 1.82) is 0 Å². The maximum absolute atomic E-state index is 12.3. The molecule has 7 heteroatoms.